The van der Waals surface area contributed by atoms with E-state index in [4.69, 9.17) is 15.1 Å². The van der Waals surface area contributed by atoms with Crippen molar-refractivity contribution in [2.75, 3.05) is 13.2 Å². The molecule has 2 aromatic carbocycles. The summed E-state index contributed by atoms with van der Waals surface area (Å²) in [6.07, 6.45) is -1.00. The number of ketones is 1. The van der Waals surface area contributed by atoms with Crippen molar-refractivity contribution in [2.24, 2.45) is 0 Å². The van der Waals surface area contributed by atoms with Gasteiger partial charge in [-0.1, -0.05) is 19.9 Å². The molecule has 0 aliphatic heterocycles. The monoisotopic (exact) mass is 394 g/mol. The number of ether oxygens (including phenoxy) is 1. The molecule has 1 aliphatic rings. The quantitative estimate of drug-likeness (QED) is 0.631. The molecule has 0 saturated heterocycles. The number of hydrogen-bond acceptors (Lipinski definition) is 5. The fourth-order valence-corrected chi connectivity index (χ4v) is 3.86. The van der Waals surface area contributed by atoms with Crippen LogP contribution >= 0.6 is 0 Å². The van der Waals surface area contributed by atoms with Gasteiger partial charge in [0.2, 0.25) is 0 Å². The van der Waals surface area contributed by atoms with Crippen molar-refractivity contribution < 1.29 is 24.1 Å². The Bertz CT molecular complexity index is 1190. The van der Waals surface area contributed by atoms with Gasteiger partial charge in [-0.05, 0) is 29.8 Å². The lowest BCUT2D eigenvalue weighted by Gasteiger charge is -2.32. The molecule has 0 saturated carbocycles. The Balaban J connectivity index is 1.87. The molecular weight excluding hydrogens is 375 g/mol. The third kappa shape index (κ3) is 2.80. The molecule has 0 fully saturated rings. The predicted octanol–water partition coefficient (Wildman–Crippen LogP) is 2.78. The van der Waals surface area contributed by atoms with Crippen LogP contribution in [0.1, 0.15) is 46.6 Å². The normalized spacial score (nSPS) is 15.5. The predicted molar refractivity (Wildman–Crippen MR) is 104 cm³/mol. The largest absolute Gasteiger partial charge is 0.491 e. The van der Waals surface area contributed by atoms with Crippen LogP contribution in [0.15, 0.2) is 30.3 Å². The second kappa shape index (κ2) is 6.69. The molecule has 29 heavy (non-hydrogen) atoms. The number of aromatic nitrogens is 1. The van der Waals surface area contributed by atoms with Gasteiger partial charge in [-0.2, -0.15) is 5.26 Å². The second-order valence-corrected chi connectivity index (χ2v) is 7.65. The number of hydrogen-bond donors (Lipinski definition) is 3. The molecule has 4 rings (SSSR count). The van der Waals surface area contributed by atoms with Crippen LogP contribution in [-0.2, 0) is 5.41 Å². The Morgan fingerprint density at radius 2 is 2.07 bits per heavy atom. The van der Waals surface area contributed by atoms with Crippen LogP contribution in [0.2, 0.25) is 0 Å². The molecule has 1 heterocycles. The van der Waals surface area contributed by atoms with Crippen molar-refractivity contribution in [1.29, 1.82) is 5.26 Å². The first kappa shape index (κ1) is 19.1. The number of nitriles is 1. The van der Waals surface area contributed by atoms with Gasteiger partial charge < -0.3 is 19.9 Å². The zero-order chi connectivity index (χ0) is 20.9. The van der Waals surface area contributed by atoms with E-state index in [-0.39, 0.29) is 23.5 Å². The summed E-state index contributed by atoms with van der Waals surface area (Å²) < 4.78 is 20.2. The number of carbonyl (C=O) groups is 1. The number of nitrogens with one attached hydrogen (secondary N) is 1. The molecule has 0 spiro atoms. The van der Waals surface area contributed by atoms with Gasteiger partial charge in [-0.25, -0.2) is 4.39 Å². The van der Waals surface area contributed by atoms with E-state index in [1.165, 1.54) is 6.07 Å². The van der Waals surface area contributed by atoms with Gasteiger partial charge in [-0.3, -0.25) is 4.79 Å². The van der Waals surface area contributed by atoms with Crippen LogP contribution in [0.5, 0.6) is 5.75 Å². The summed E-state index contributed by atoms with van der Waals surface area (Å²) in [5.74, 6) is -0.449. The van der Waals surface area contributed by atoms with Crippen LogP contribution in [0, 0.1) is 17.1 Å². The van der Waals surface area contributed by atoms with E-state index in [9.17, 15) is 14.3 Å². The molecule has 0 unspecified atom stereocenters. The minimum absolute atomic E-state index is 0.0799. The van der Waals surface area contributed by atoms with Crippen LogP contribution in [0.25, 0.3) is 10.9 Å². The molecule has 1 aromatic heterocycles. The summed E-state index contributed by atoms with van der Waals surface area (Å²) in [6, 6.07) is 9.80. The highest BCUT2D eigenvalue weighted by molar-refractivity contribution is 6.20. The van der Waals surface area contributed by atoms with Crippen molar-refractivity contribution in [3.8, 4) is 11.8 Å². The lowest BCUT2D eigenvalue weighted by atomic mass is 9.71. The topological polar surface area (TPSA) is 106 Å². The van der Waals surface area contributed by atoms with E-state index >= 15 is 0 Å². The average molecular weight is 394 g/mol. The maximum absolute atomic E-state index is 14.7. The van der Waals surface area contributed by atoms with Crippen molar-refractivity contribution in [3.63, 3.8) is 0 Å². The van der Waals surface area contributed by atoms with E-state index in [2.05, 4.69) is 4.98 Å². The minimum Gasteiger partial charge on any atom is -0.491 e. The lowest BCUT2D eigenvalue weighted by molar-refractivity contribution is 0.0535. The number of fused-ring (bicyclic) bond motifs is 4. The summed E-state index contributed by atoms with van der Waals surface area (Å²) in [5, 5.41) is 28.0. The average Bonchev–Trinajstić information content (AvgIpc) is 3.12. The summed E-state index contributed by atoms with van der Waals surface area (Å²) in [5.41, 5.74) is 1.58. The van der Waals surface area contributed by atoms with E-state index in [0.29, 0.717) is 33.5 Å². The van der Waals surface area contributed by atoms with Gasteiger partial charge in [0.05, 0.1) is 23.3 Å². The fourth-order valence-electron chi connectivity index (χ4n) is 3.86. The number of aromatic amines is 1. The molecule has 1 aliphatic carbocycles. The van der Waals surface area contributed by atoms with E-state index < -0.39 is 23.9 Å². The zero-order valence-electron chi connectivity index (χ0n) is 15.9. The van der Waals surface area contributed by atoms with Gasteiger partial charge >= 0.3 is 0 Å². The number of aliphatic hydroxyl groups excluding tert-OH is 2. The Kier molecular flexibility index (Phi) is 4.41. The van der Waals surface area contributed by atoms with Crippen molar-refractivity contribution in [2.45, 2.75) is 25.4 Å². The van der Waals surface area contributed by atoms with Gasteiger partial charge in [0.15, 0.2) is 11.6 Å². The van der Waals surface area contributed by atoms with E-state index in [1.807, 2.05) is 19.9 Å². The number of carbonyl (C=O) groups excluding carboxylic acids is 1. The van der Waals surface area contributed by atoms with Gasteiger partial charge in [-0.15, -0.1) is 0 Å². The van der Waals surface area contributed by atoms with Crippen LogP contribution in [0.3, 0.4) is 0 Å². The van der Waals surface area contributed by atoms with Crippen LogP contribution in [0.4, 0.5) is 4.39 Å². The first-order valence-corrected chi connectivity index (χ1v) is 9.15. The number of rotatable bonds is 4. The third-order valence-electron chi connectivity index (χ3n) is 5.45. The summed E-state index contributed by atoms with van der Waals surface area (Å²) >= 11 is 0. The Morgan fingerprint density at radius 3 is 2.76 bits per heavy atom. The van der Waals surface area contributed by atoms with Crippen molar-refractivity contribution in [1.82, 2.24) is 4.98 Å². The van der Waals surface area contributed by atoms with Crippen molar-refractivity contribution >= 4 is 16.7 Å². The molecule has 0 radical (unpaired) electrons. The molecule has 3 N–H and O–H groups in total. The zero-order valence-corrected chi connectivity index (χ0v) is 15.9. The highest BCUT2D eigenvalue weighted by Gasteiger charge is 2.40. The SMILES string of the molecule is CC1(C)c2cc(OC[C@H](O)CO)ccc2C(=O)c2c1[nH]c1c(F)c(C#N)ccc21. The summed E-state index contributed by atoms with van der Waals surface area (Å²) in [4.78, 5) is 16.3. The number of nitrogens with zero attached hydrogens (tertiary/aromatic N) is 1. The second-order valence-electron chi connectivity index (χ2n) is 7.65. The Labute approximate surface area is 166 Å². The number of aliphatic hydroxyl groups is 2. The number of H-pyrrole nitrogens is 1. The summed E-state index contributed by atoms with van der Waals surface area (Å²) in [7, 11) is 0. The molecule has 0 bridgehead atoms. The van der Waals surface area contributed by atoms with E-state index in [0.717, 1.165) is 0 Å². The first-order chi connectivity index (χ1) is 13.8. The van der Waals surface area contributed by atoms with Crippen molar-refractivity contribution in [3.05, 3.63) is 64.1 Å². The highest BCUT2D eigenvalue weighted by Crippen LogP contribution is 2.45. The van der Waals surface area contributed by atoms with Gasteiger partial charge in [0.25, 0.3) is 0 Å². The van der Waals surface area contributed by atoms with Gasteiger partial charge in [0.1, 0.15) is 24.5 Å². The number of benzene rings is 2. The molecule has 7 heteroatoms. The minimum atomic E-state index is -1.00. The standard InChI is InChI=1S/C22H19FN2O4/c1-22(2)16-7-13(29-10-12(27)9-26)4-6-14(16)20(28)17-15-5-3-11(8-24)18(23)19(15)25-21(17)22/h3-7,12,25-27H,9-10H2,1-2H3/t12-/m1/s1. The smallest absolute Gasteiger partial charge is 0.195 e. The highest BCUT2D eigenvalue weighted by atomic mass is 19.1. The lowest BCUT2D eigenvalue weighted by Crippen LogP contribution is -2.30. The maximum atomic E-state index is 14.7. The number of halogens is 1. The van der Waals surface area contributed by atoms with E-state index in [1.54, 1.807) is 24.3 Å². The molecule has 148 valence electrons. The van der Waals surface area contributed by atoms with Crippen LogP contribution < -0.4 is 4.74 Å². The first-order valence-electron chi connectivity index (χ1n) is 9.15. The summed E-state index contributed by atoms with van der Waals surface area (Å²) in [6.45, 7) is 3.34. The third-order valence-corrected chi connectivity index (χ3v) is 5.45. The molecule has 3 aromatic rings. The van der Waals surface area contributed by atoms with Gasteiger partial charge in [0, 0.05) is 22.1 Å². The molecule has 1 atom stereocenters. The Hall–Kier alpha value is -3.21. The molecule has 0 amide bonds. The molecule has 6 nitrogen and oxygen atoms in total. The molecular formula is C22H19FN2O4. The Morgan fingerprint density at radius 1 is 1.31 bits per heavy atom. The maximum Gasteiger partial charge on any atom is 0.195 e. The van der Waals surface area contributed by atoms with Crippen LogP contribution in [-0.4, -0.2) is 40.3 Å². The fraction of sp³-hybridized carbons (Fsp3) is 0.273.